The number of rotatable bonds is 5. The smallest absolute Gasteiger partial charge is 0.339 e. The van der Waals surface area contributed by atoms with E-state index in [-0.39, 0.29) is 22.6 Å². The summed E-state index contributed by atoms with van der Waals surface area (Å²) in [6, 6.07) is 11.4. The molecule has 162 valence electrons. The van der Waals surface area contributed by atoms with Crippen molar-refractivity contribution in [1.82, 2.24) is 19.7 Å². The number of hydrogen-bond donors (Lipinski definition) is 0. The van der Waals surface area contributed by atoms with Crippen molar-refractivity contribution in [2.45, 2.75) is 26.5 Å². The molecule has 0 saturated carbocycles. The molecule has 0 fully saturated rings. The zero-order valence-corrected chi connectivity index (χ0v) is 17.0. The fraction of sp³-hybridized carbons (Fsp3) is 0.182. The fourth-order valence-electron chi connectivity index (χ4n) is 3.64. The molecule has 0 aliphatic heterocycles. The second-order valence-corrected chi connectivity index (χ2v) is 7.13. The number of imidazole rings is 1. The van der Waals surface area contributed by atoms with Crippen LogP contribution in [0.15, 0.2) is 57.7 Å². The number of ether oxygens (including phenoxy) is 1. The van der Waals surface area contributed by atoms with Gasteiger partial charge in [-0.05, 0) is 44.2 Å². The van der Waals surface area contributed by atoms with Gasteiger partial charge in [-0.25, -0.2) is 14.8 Å². The van der Waals surface area contributed by atoms with Crippen LogP contribution in [0.5, 0.6) is 0 Å². The van der Waals surface area contributed by atoms with Crippen LogP contribution >= 0.6 is 0 Å². The highest BCUT2D eigenvalue weighted by Crippen LogP contribution is 2.31. The second kappa shape index (κ2) is 7.56. The Morgan fingerprint density at radius 2 is 1.97 bits per heavy atom. The first kappa shape index (κ1) is 19.9. The lowest BCUT2D eigenvalue weighted by Gasteiger charge is -2.15. The second-order valence-electron chi connectivity index (χ2n) is 7.13. The van der Waals surface area contributed by atoms with Crippen LogP contribution in [0.25, 0.3) is 33.6 Å². The van der Waals surface area contributed by atoms with Gasteiger partial charge in [-0.1, -0.05) is 17.3 Å². The summed E-state index contributed by atoms with van der Waals surface area (Å²) in [6.45, 7) is 0.304. The number of furan rings is 1. The molecule has 0 saturated heterocycles. The fourth-order valence-corrected chi connectivity index (χ4v) is 3.64. The molecule has 1 unspecified atom stereocenters. The molecule has 0 N–H and O–H groups in total. The van der Waals surface area contributed by atoms with Crippen LogP contribution in [0.2, 0.25) is 0 Å². The molecule has 0 aliphatic carbocycles. The Morgan fingerprint density at radius 1 is 1.16 bits per heavy atom. The van der Waals surface area contributed by atoms with Crippen molar-refractivity contribution in [3.05, 3.63) is 65.8 Å². The molecule has 32 heavy (non-hydrogen) atoms. The standard InChI is InChI=1S/C22H16F2N4O4/c1-11-18-13(10-15(17-8-5-9-30-17)26-20(18)32-27-11)21(29)31-12(2)19-25-14-6-3-4-7-16(14)28(19)22(23)24/h3-10,12,22H,1-2H3. The van der Waals surface area contributed by atoms with Crippen LogP contribution in [-0.2, 0) is 4.74 Å². The van der Waals surface area contributed by atoms with E-state index in [2.05, 4.69) is 15.1 Å². The lowest BCUT2D eigenvalue weighted by Crippen LogP contribution is -2.15. The van der Waals surface area contributed by atoms with Crippen LogP contribution in [0, 0.1) is 6.92 Å². The molecule has 0 amide bonds. The number of para-hydroxylation sites is 2. The number of benzene rings is 1. The first-order valence-corrected chi connectivity index (χ1v) is 9.71. The van der Waals surface area contributed by atoms with Crippen LogP contribution in [0.3, 0.4) is 0 Å². The Bertz CT molecular complexity index is 1440. The van der Waals surface area contributed by atoms with Crippen molar-refractivity contribution in [2.24, 2.45) is 0 Å². The summed E-state index contributed by atoms with van der Waals surface area (Å²) in [5.41, 5.74) is 1.69. The minimum atomic E-state index is -2.85. The molecule has 1 aromatic carbocycles. The van der Waals surface area contributed by atoms with E-state index in [4.69, 9.17) is 13.7 Å². The van der Waals surface area contributed by atoms with E-state index >= 15 is 0 Å². The van der Waals surface area contributed by atoms with Gasteiger partial charge in [0.15, 0.2) is 17.7 Å². The van der Waals surface area contributed by atoms with Gasteiger partial charge in [0.25, 0.3) is 5.71 Å². The molecule has 0 spiro atoms. The van der Waals surface area contributed by atoms with E-state index in [1.165, 1.54) is 25.3 Å². The molecule has 0 aliphatic rings. The molecule has 0 radical (unpaired) electrons. The minimum Gasteiger partial charge on any atom is -0.463 e. The predicted molar refractivity (Wildman–Crippen MR) is 109 cm³/mol. The molecule has 5 aromatic rings. The first-order chi connectivity index (χ1) is 15.4. The number of pyridine rings is 1. The molecule has 0 bridgehead atoms. The summed E-state index contributed by atoms with van der Waals surface area (Å²) in [6.07, 6.45) is 0.418. The van der Waals surface area contributed by atoms with Gasteiger partial charge in [0.1, 0.15) is 5.69 Å². The number of carbonyl (C=O) groups is 1. The zero-order valence-electron chi connectivity index (χ0n) is 17.0. The number of aromatic nitrogens is 4. The molecule has 5 rings (SSSR count). The number of esters is 1. The van der Waals surface area contributed by atoms with Gasteiger partial charge in [0.05, 0.1) is 33.9 Å². The molecule has 1 atom stereocenters. The molecular formula is C22H16F2N4O4. The average molecular weight is 438 g/mol. The normalized spacial score (nSPS) is 12.7. The summed E-state index contributed by atoms with van der Waals surface area (Å²) in [4.78, 5) is 21.7. The number of aryl methyl sites for hydroxylation is 1. The summed E-state index contributed by atoms with van der Waals surface area (Å²) in [5, 5.41) is 4.25. The SMILES string of the molecule is Cc1noc2nc(-c3ccco3)cc(C(=O)OC(C)c3nc4ccccc4n3C(F)F)c12. The number of alkyl halides is 2. The molecule has 4 heterocycles. The van der Waals surface area contributed by atoms with E-state index in [9.17, 15) is 13.6 Å². The van der Waals surface area contributed by atoms with Crippen molar-refractivity contribution in [3.63, 3.8) is 0 Å². The third kappa shape index (κ3) is 3.20. The lowest BCUT2D eigenvalue weighted by molar-refractivity contribution is 0.0235. The van der Waals surface area contributed by atoms with Crippen LogP contribution in [0.4, 0.5) is 8.78 Å². The highest BCUT2D eigenvalue weighted by atomic mass is 19.3. The Hall–Kier alpha value is -4.08. The van der Waals surface area contributed by atoms with Gasteiger partial charge in [0.2, 0.25) is 0 Å². The third-order valence-corrected chi connectivity index (χ3v) is 5.08. The summed E-state index contributed by atoms with van der Waals surface area (Å²) < 4.78 is 44.5. The zero-order chi connectivity index (χ0) is 22.4. The van der Waals surface area contributed by atoms with Crippen LogP contribution in [-0.4, -0.2) is 25.7 Å². The highest BCUT2D eigenvalue weighted by molar-refractivity contribution is 6.04. The first-order valence-electron chi connectivity index (χ1n) is 9.71. The van der Waals surface area contributed by atoms with Crippen molar-refractivity contribution >= 4 is 28.1 Å². The number of fused-ring (bicyclic) bond motifs is 2. The summed E-state index contributed by atoms with van der Waals surface area (Å²) in [7, 11) is 0. The van der Waals surface area contributed by atoms with Gasteiger partial charge in [-0.3, -0.25) is 4.57 Å². The average Bonchev–Trinajstić information content (AvgIpc) is 3.51. The van der Waals surface area contributed by atoms with Crippen LogP contribution in [0.1, 0.15) is 41.5 Å². The van der Waals surface area contributed by atoms with E-state index < -0.39 is 18.6 Å². The number of carbonyl (C=O) groups excluding carboxylic acids is 1. The van der Waals surface area contributed by atoms with Gasteiger partial charge >= 0.3 is 12.5 Å². The van der Waals surface area contributed by atoms with E-state index in [1.807, 2.05) is 0 Å². The number of nitrogens with zero attached hydrogens (tertiary/aromatic N) is 4. The largest absolute Gasteiger partial charge is 0.463 e. The van der Waals surface area contributed by atoms with Crippen LogP contribution < -0.4 is 0 Å². The monoisotopic (exact) mass is 438 g/mol. The number of halogens is 2. The van der Waals surface area contributed by atoms with Gasteiger partial charge < -0.3 is 13.7 Å². The summed E-state index contributed by atoms with van der Waals surface area (Å²) in [5.74, 6) is -0.396. The van der Waals surface area contributed by atoms with Crippen molar-refractivity contribution in [3.8, 4) is 11.5 Å². The molecule has 8 nitrogen and oxygen atoms in total. The molecule has 10 heteroatoms. The van der Waals surface area contributed by atoms with Gasteiger partial charge in [-0.15, -0.1) is 0 Å². The Kier molecular flexibility index (Phi) is 4.69. The van der Waals surface area contributed by atoms with Crippen molar-refractivity contribution < 1.29 is 27.3 Å². The van der Waals surface area contributed by atoms with Crippen molar-refractivity contribution in [2.75, 3.05) is 0 Å². The minimum absolute atomic E-state index is 0.0619. The summed E-state index contributed by atoms with van der Waals surface area (Å²) >= 11 is 0. The Labute approximate surface area is 179 Å². The maximum absolute atomic E-state index is 13.8. The molecular weight excluding hydrogens is 422 g/mol. The van der Waals surface area contributed by atoms with Gasteiger partial charge in [0, 0.05) is 0 Å². The lowest BCUT2D eigenvalue weighted by atomic mass is 10.1. The highest BCUT2D eigenvalue weighted by Gasteiger charge is 2.27. The Balaban J connectivity index is 1.55. The third-order valence-electron chi connectivity index (χ3n) is 5.08. The quantitative estimate of drug-likeness (QED) is 0.337. The Morgan fingerprint density at radius 3 is 2.72 bits per heavy atom. The maximum Gasteiger partial charge on any atom is 0.339 e. The van der Waals surface area contributed by atoms with Crippen molar-refractivity contribution in [1.29, 1.82) is 0 Å². The maximum atomic E-state index is 13.8. The van der Waals surface area contributed by atoms with E-state index in [0.29, 0.717) is 28.1 Å². The number of hydrogen-bond acceptors (Lipinski definition) is 7. The van der Waals surface area contributed by atoms with Gasteiger partial charge in [-0.2, -0.15) is 8.78 Å². The molecule has 4 aromatic heterocycles. The predicted octanol–water partition coefficient (Wildman–Crippen LogP) is 5.45. The topological polar surface area (TPSA) is 96.2 Å². The van der Waals surface area contributed by atoms with E-state index in [1.54, 1.807) is 37.3 Å². The van der Waals surface area contributed by atoms with E-state index in [0.717, 1.165) is 4.57 Å².